The molecule has 0 spiro atoms. The molecule has 0 saturated carbocycles. The number of pyridine rings is 2. The summed E-state index contributed by atoms with van der Waals surface area (Å²) in [5.41, 5.74) is 5.13. The van der Waals surface area contributed by atoms with Crippen molar-refractivity contribution in [3.63, 3.8) is 0 Å². The highest BCUT2D eigenvalue weighted by Gasteiger charge is 2.23. The van der Waals surface area contributed by atoms with E-state index in [1.807, 2.05) is 18.3 Å². The van der Waals surface area contributed by atoms with Crippen LogP contribution in [0.1, 0.15) is 12.8 Å². The summed E-state index contributed by atoms with van der Waals surface area (Å²) in [7, 11) is 0. The summed E-state index contributed by atoms with van der Waals surface area (Å²) in [4.78, 5) is 21.5. The molecule has 39 heavy (non-hydrogen) atoms. The third kappa shape index (κ3) is 5.13. The number of carbonyl (C=O) groups is 1. The van der Waals surface area contributed by atoms with Gasteiger partial charge in [-0.15, -0.1) is 0 Å². The molecule has 1 fully saturated rings. The fourth-order valence-electron chi connectivity index (χ4n) is 5.06. The molecule has 1 saturated heterocycles. The van der Waals surface area contributed by atoms with E-state index >= 15 is 0 Å². The van der Waals surface area contributed by atoms with Crippen molar-refractivity contribution in [3.05, 3.63) is 90.9 Å². The van der Waals surface area contributed by atoms with E-state index in [0.29, 0.717) is 24.4 Å². The summed E-state index contributed by atoms with van der Waals surface area (Å²) >= 11 is 0. The van der Waals surface area contributed by atoms with Crippen LogP contribution in [0.2, 0.25) is 0 Å². The number of hydrogen-bond donors (Lipinski definition) is 2. The van der Waals surface area contributed by atoms with E-state index < -0.39 is 0 Å². The molecule has 7 nitrogen and oxygen atoms in total. The van der Waals surface area contributed by atoms with Gasteiger partial charge >= 0.3 is 0 Å². The van der Waals surface area contributed by atoms with Gasteiger partial charge in [0.2, 0.25) is 5.91 Å². The highest BCUT2D eigenvalue weighted by atomic mass is 19.1. The van der Waals surface area contributed by atoms with Crippen molar-refractivity contribution in [1.82, 2.24) is 30.4 Å². The van der Waals surface area contributed by atoms with Gasteiger partial charge in [-0.05, 0) is 79.0 Å². The Balaban J connectivity index is 1.48. The summed E-state index contributed by atoms with van der Waals surface area (Å²) < 4.78 is 29.5. The molecule has 196 valence electrons. The molecule has 5 aromatic rings. The van der Waals surface area contributed by atoms with Crippen molar-refractivity contribution in [2.75, 3.05) is 13.1 Å². The normalized spacial score (nSPS) is 15.1. The zero-order valence-electron chi connectivity index (χ0n) is 21.1. The summed E-state index contributed by atoms with van der Waals surface area (Å²) in [5.74, 6) is -0.687. The standard InChI is InChI=1S/C30H26F2N6O/c31-22-7-3-19(4-8-22)26-24-18-38(17-16-35-30(39)25-2-1-13-34-25)37-29(24)36-28(21-5-9-23(32)10-6-21)27(26)20-11-14-33-15-12-20/h3-12,14-15,18,25,34H,1-2,13,16-17H2,(H,35,39). The van der Waals surface area contributed by atoms with E-state index in [2.05, 4.69) is 15.6 Å². The Bertz CT molecular complexity index is 1610. The minimum atomic E-state index is -0.344. The van der Waals surface area contributed by atoms with Crippen LogP contribution in [0.3, 0.4) is 0 Å². The summed E-state index contributed by atoms with van der Waals surface area (Å²) in [6, 6.07) is 16.1. The lowest BCUT2D eigenvalue weighted by Crippen LogP contribution is -2.41. The van der Waals surface area contributed by atoms with Crippen molar-refractivity contribution in [2.45, 2.75) is 25.4 Å². The van der Waals surface area contributed by atoms with Crippen molar-refractivity contribution >= 4 is 16.9 Å². The molecular weight excluding hydrogens is 498 g/mol. The lowest BCUT2D eigenvalue weighted by molar-refractivity contribution is -0.122. The molecule has 1 unspecified atom stereocenters. The molecule has 6 rings (SSSR count). The molecular formula is C30H26F2N6O. The Labute approximate surface area is 223 Å². The molecule has 0 aliphatic carbocycles. The van der Waals surface area contributed by atoms with Crippen molar-refractivity contribution < 1.29 is 13.6 Å². The lowest BCUT2D eigenvalue weighted by atomic mass is 9.90. The van der Waals surface area contributed by atoms with Gasteiger partial charge in [0.15, 0.2) is 5.65 Å². The van der Waals surface area contributed by atoms with Crippen LogP contribution in [0, 0.1) is 11.6 Å². The number of nitrogens with one attached hydrogen (secondary N) is 2. The Morgan fingerprint density at radius 2 is 1.59 bits per heavy atom. The molecule has 3 aromatic heterocycles. The van der Waals surface area contributed by atoms with Gasteiger partial charge < -0.3 is 10.6 Å². The molecule has 1 aliphatic rings. The van der Waals surface area contributed by atoms with Gasteiger partial charge in [0, 0.05) is 47.2 Å². The maximum atomic E-state index is 13.9. The second kappa shape index (κ2) is 10.7. The summed E-state index contributed by atoms with van der Waals surface area (Å²) in [5, 5.41) is 11.7. The summed E-state index contributed by atoms with van der Waals surface area (Å²) in [6.07, 6.45) is 7.14. The molecule has 2 N–H and O–H groups in total. The van der Waals surface area contributed by atoms with Gasteiger partial charge in [0.1, 0.15) is 11.6 Å². The number of fused-ring (bicyclic) bond motifs is 1. The summed E-state index contributed by atoms with van der Waals surface area (Å²) in [6.45, 7) is 1.73. The van der Waals surface area contributed by atoms with Crippen LogP contribution in [0.4, 0.5) is 8.78 Å². The average molecular weight is 525 g/mol. The minimum Gasteiger partial charge on any atom is -0.353 e. The van der Waals surface area contributed by atoms with E-state index in [9.17, 15) is 13.6 Å². The first-order valence-corrected chi connectivity index (χ1v) is 12.9. The Morgan fingerprint density at radius 3 is 2.26 bits per heavy atom. The van der Waals surface area contributed by atoms with Gasteiger partial charge in [-0.25, -0.2) is 13.8 Å². The fraction of sp³-hybridized carbons (Fsp3) is 0.200. The van der Waals surface area contributed by atoms with E-state index in [1.165, 1.54) is 24.3 Å². The fourth-order valence-corrected chi connectivity index (χ4v) is 5.06. The number of halogens is 2. The van der Waals surface area contributed by atoms with Gasteiger partial charge in [-0.1, -0.05) is 12.1 Å². The second-order valence-corrected chi connectivity index (χ2v) is 9.53. The number of benzene rings is 2. The maximum absolute atomic E-state index is 13.9. The molecule has 0 bridgehead atoms. The third-order valence-electron chi connectivity index (χ3n) is 6.95. The highest BCUT2D eigenvalue weighted by Crippen LogP contribution is 2.42. The molecule has 1 amide bonds. The minimum absolute atomic E-state index is 0.00657. The first kappa shape index (κ1) is 24.8. The van der Waals surface area contributed by atoms with Gasteiger partial charge in [0.05, 0.1) is 18.3 Å². The van der Waals surface area contributed by atoms with Gasteiger partial charge in [-0.2, -0.15) is 5.10 Å². The van der Waals surface area contributed by atoms with Crippen LogP contribution in [0.25, 0.3) is 44.5 Å². The zero-order valence-corrected chi connectivity index (χ0v) is 21.1. The average Bonchev–Trinajstić information content (AvgIpc) is 3.64. The SMILES string of the molecule is O=C(NCCn1cc2c(-c3ccc(F)cc3)c(-c3ccncc3)c(-c3ccc(F)cc3)nc2n1)C1CCCN1. The van der Waals surface area contributed by atoms with E-state index in [-0.39, 0.29) is 23.6 Å². The van der Waals surface area contributed by atoms with Crippen LogP contribution in [-0.4, -0.2) is 44.8 Å². The van der Waals surface area contributed by atoms with Crippen LogP contribution in [0.5, 0.6) is 0 Å². The van der Waals surface area contributed by atoms with E-state index in [0.717, 1.165) is 52.6 Å². The molecule has 4 heterocycles. The van der Waals surface area contributed by atoms with E-state index in [1.54, 1.807) is 41.3 Å². The van der Waals surface area contributed by atoms with Gasteiger partial charge in [0.25, 0.3) is 0 Å². The van der Waals surface area contributed by atoms with Crippen molar-refractivity contribution in [3.8, 4) is 33.5 Å². The van der Waals surface area contributed by atoms with Crippen LogP contribution < -0.4 is 10.6 Å². The quantitative estimate of drug-likeness (QED) is 0.314. The number of nitrogens with zero attached hydrogens (tertiary/aromatic N) is 4. The Hall–Kier alpha value is -4.50. The number of rotatable bonds is 7. The number of amides is 1. The molecule has 1 aliphatic heterocycles. The molecule has 2 aromatic carbocycles. The number of carbonyl (C=O) groups excluding carboxylic acids is 1. The lowest BCUT2D eigenvalue weighted by Gasteiger charge is -2.16. The van der Waals surface area contributed by atoms with Crippen molar-refractivity contribution in [1.29, 1.82) is 0 Å². The maximum Gasteiger partial charge on any atom is 0.237 e. The van der Waals surface area contributed by atoms with E-state index in [4.69, 9.17) is 10.1 Å². The first-order valence-electron chi connectivity index (χ1n) is 12.9. The predicted molar refractivity (Wildman–Crippen MR) is 146 cm³/mol. The monoisotopic (exact) mass is 524 g/mol. The largest absolute Gasteiger partial charge is 0.353 e. The van der Waals surface area contributed by atoms with Crippen LogP contribution in [0.15, 0.2) is 79.3 Å². The second-order valence-electron chi connectivity index (χ2n) is 9.53. The van der Waals surface area contributed by atoms with Gasteiger partial charge in [-0.3, -0.25) is 14.5 Å². The molecule has 9 heteroatoms. The van der Waals surface area contributed by atoms with Crippen LogP contribution >= 0.6 is 0 Å². The van der Waals surface area contributed by atoms with Crippen molar-refractivity contribution in [2.24, 2.45) is 0 Å². The predicted octanol–water partition coefficient (Wildman–Crippen LogP) is 4.97. The number of aromatic nitrogens is 4. The van der Waals surface area contributed by atoms with Crippen LogP contribution in [-0.2, 0) is 11.3 Å². The smallest absolute Gasteiger partial charge is 0.237 e. The number of hydrogen-bond acceptors (Lipinski definition) is 5. The topological polar surface area (TPSA) is 84.7 Å². The molecule has 1 atom stereocenters. The molecule has 0 radical (unpaired) electrons. The first-order chi connectivity index (χ1) is 19.1. The Morgan fingerprint density at radius 1 is 0.923 bits per heavy atom. The highest BCUT2D eigenvalue weighted by molar-refractivity contribution is 6.05. The third-order valence-corrected chi connectivity index (χ3v) is 6.95. The Kier molecular flexibility index (Phi) is 6.81. The zero-order chi connectivity index (χ0) is 26.8.